The lowest BCUT2D eigenvalue weighted by Crippen LogP contribution is -2.50. The van der Waals surface area contributed by atoms with E-state index in [0.29, 0.717) is 13.0 Å². The Kier molecular flexibility index (Phi) is 2.84. The average Bonchev–Trinajstić information content (AvgIpc) is 2.90. The molecule has 1 N–H and O–H groups in total. The molecule has 5 nitrogen and oxygen atoms in total. The molecule has 0 radical (unpaired) electrons. The summed E-state index contributed by atoms with van der Waals surface area (Å²) in [4.78, 5) is 13.5. The molecule has 0 aromatic rings. The maximum Gasteiger partial charge on any atom is 0.410 e. The van der Waals surface area contributed by atoms with E-state index in [-0.39, 0.29) is 30.9 Å². The Morgan fingerprint density at radius 1 is 1.50 bits per heavy atom. The van der Waals surface area contributed by atoms with Gasteiger partial charge >= 0.3 is 6.09 Å². The van der Waals surface area contributed by atoms with E-state index >= 15 is 0 Å². The summed E-state index contributed by atoms with van der Waals surface area (Å²) in [7, 11) is 0. The van der Waals surface area contributed by atoms with E-state index in [2.05, 4.69) is 0 Å². The largest absolute Gasteiger partial charge is 0.444 e. The Labute approximate surface area is 95.3 Å². The summed E-state index contributed by atoms with van der Waals surface area (Å²) in [5.41, 5.74) is -0.502. The second kappa shape index (κ2) is 3.89. The molecule has 16 heavy (non-hydrogen) atoms. The minimum Gasteiger partial charge on any atom is -0.444 e. The van der Waals surface area contributed by atoms with Gasteiger partial charge in [-0.1, -0.05) is 0 Å². The van der Waals surface area contributed by atoms with Crippen LogP contribution in [0.2, 0.25) is 0 Å². The van der Waals surface area contributed by atoms with E-state index in [1.165, 1.54) is 0 Å². The fourth-order valence-corrected chi connectivity index (χ4v) is 2.00. The lowest BCUT2D eigenvalue weighted by molar-refractivity contribution is 0.00483. The van der Waals surface area contributed by atoms with E-state index < -0.39 is 5.60 Å². The van der Waals surface area contributed by atoms with Crippen LogP contribution in [0.25, 0.3) is 0 Å². The molecule has 5 heteroatoms. The molecule has 2 aliphatic heterocycles. The molecule has 0 aromatic heterocycles. The van der Waals surface area contributed by atoms with Gasteiger partial charge in [0.15, 0.2) is 0 Å². The number of carbonyl (C=O) groups excluding carboxylic acids is 1. The molecule has 0 spiro atoms. The van der Waals surface area contributed by atoms with Crippen LogP contribution in [0.4, 0.5) is 4.79 Å². The lowest BCUT2D eigenvalue weighted by Gasteiger charge is -2.34. The summed E-state index contributed by atoms with van der Waals surface area (Å²) in [6.07, 6.45) is 0.729. The fourth-order valence-electron chi connectivity index (χ4n) is 2.00. The number of rotatable bonds is 1. The van der Waals surface area contributed by atoms with Crippen molar-refractivity contribution in [2.75, 3.05) is 13.2 Å². The van der Waals surface area contributed by atoms with E-state index in [1.807, 2.05) is 20.8 Å². The van der Waals surface area contributed by atoms with Crippen LogP contribution < -0.4 is 0 Å². The van der Waals surface area contributed by atoms with Gasteiger partial charge in [0.25, 0.3) is 0 Å². The standard InChI is InChI=1S/C11H19NO4/c1-11(2,3)16-10(14)12-5-9-8(15-9)4-7(12)6-13/h7-9,13H,4-6H2,1-3H3/t7-,8-,9+/m0/s1. The molecule has 2 fully saturated rings. The first-order valence-electron chi connectivity index (χ1n) is 5.66. The van der Waals surface area contributed by atoms with Gasteiger partial charge < -0.3 is 19.5 Å². The molecule has 2 rings (SSSR count). The number of hydrogen-bond acceptors (Lipinski definition) is 4. The third-order valence-electron chi connectivity index (χ3n) is 2.85. The number of piperidine rings is 1. The van der Waals surface area contributed by atoms with Crippen molar-refractivity contribution >= 4 is 6.09 Å². The summed E-state index contributed by atoms with van der Waals surface area (Å²) >= 11 is 0. The number of nitrogens with zero attached hydrogens (tertiary/aromatic N) is 1. The van der Waals surface area contributed by atoms with Crippen LogP contribution in [0.15, 0.2) is 0 Å². The minimum absolute atomic E-state index is 0.0359. The zero-order chi connectivity index (χ0) is 11.9. The molecule has 1 amide bonds. The smallest absolute Gasteiger partial charge is 0.410 e. The summed E-state index contributed by atoms with van der Waals surface area (Å²) in [5.74, 6) is 0. The molecule has 0 bridgehead atoms. The van der Waals surface area contributed by atoms with Gasteiger partial charge in [0, 0.05) is 0 Å². The molecular weight excluding hydrogens is 210 g/mol. The zero-order valence-corrected chi connectivity index (χ0v) is 9.97. The molecule has 0 aliphatic carbocycles. The predicted octanol–water partition coefficient (Wildman–Crippen LogP) is 0.756. The van der Waals surface area contributed by atoms with Crippen molar-refractivity contribution in [2.24, 2.45) is 0 Å². The van der Waals surface area contributed by atoms with Gasteiger partial charge in [-0.3, -0.25) is 0 Å². The number of carbonyl (C=O) groups is 1. The van der Waals surface area contributed by atoms with E-state index in [9.17, 15) is 9.90 Å². The monoisotopic (exact) mass is 229 g/mol. The first-order chi connectivity index (χ1) is 7.40. The van der Waals surface area contributed by atoms with Crippen molar-refractivity contribution < 1.29 is 19.4 Å². The van der Waals surface area contributed by atoms with E-state index in [1.54, 1.807) is 4.90 Å². The third kappa shape index (κ3) is 2.47. The highest BCUT2D eigenvalue weighted by atomic mass is 16.6. The Hall–Kier alpha value is -0.810. The molecule has 2 aliphatic rings. The van der Waals surface area contributed by atoms with Gasteiger partial charge in [-0.15, -0.1) is 0 Å². The normalized spacial score (nSPS) is 33.2. The van der Waals surface area contributed by atoms with Gasteiger partial charge in [0.05, 0.1) is 25.3 Å². The molecule has 0 saturated carbocycles. The fraction of sp³-hybridized carbons (Fsp3) is 0.909. The molecule has 0 unspecified atom stereocenters. The summed E-state index contributed by atoms with van der Waals surface area (Å²) < 4.78 is 10.7. The van der Waals surface area contributed by atoms with Crippen LogP contribution in [-0.2, 0) is 9.47 Å². The topological polar surface area (TPSA) is 62.3 Å². The number of aliphatic hydroxyl groups is 1. The first-order valence-corrected chi connectivity index (χ1v) is 5.66. The van der Waals surface area contributed by atoms with Crippen molar-refractivity contribution in [3.63, 3.8) is 0 Å². The SMILES string of the molecule is CC(C)(C)OC(=O)N1C[C@H]2O[C@H]2C[C@H]1CO. The first kappa shape index (κ1) is 11.7. The average molecular weight is 229 g/mol. The number of ether oxygens (including phenoxy) is 2. The van der Waals surface area contributed by atoms with Crippen molar-refractivity contribution in [1.82, 2.24) is 4.90 Å². The van der Waals surface area contributed by atoms with Gasteiger partial charge in [-0.2, -0.15) is 0 Å². The quantitative estimate of drug-likeness (QED) is 0.674. The maximum atomic E-state index is 11.9. The van der Waals surface area contributed by atoms with Crippen LogP contribution in [0.5, 0.6) is 0 Å². The number of aliphatic hydroxyl groups excluding tert-OH is 1. The van der Waals surface area contributed by atoms with Crippen molar-refractivity contribution in [3.8, 4) is 0 Å². The lowest BCUT2D eigenvalue weighted by atomic mass is 10.0. The second-order valence-corrected chi connectivity index (χ2v) is 5.42. The van der Waals surface area contributed by atoms with Crippen molar-refractivity contribution in [3.05, 3.63) is 0 Å². The Bertz CT molecular complexity index is 286. The Morgan fingerprint density at radius 3 is 2.75 bits per heavy atom. The van der Waals surface area contributed by atoms with Gasteiger partial charge in [-0.25, -0.2) is 4.79 Å². The highest BCUT2D eigenvalue weighted by Crippen LogP contribution is 2.34. The summed E-state index contributed by atoms with van der Waals surface area (Å²) in [6, 6.07) is -0.168. The molecule has 3 atom stereocenters. The number of likely N-dealkylation sites (tertiary alicyclic amines) is 1. The number of fused-ring (bicyclic) bond motifs is 1. The summed E-state index contributed by atoms with van der Waals surface area (Å²) in [6.45, 7) is 5.99. The number of hydrogen-bond donors (Lipinski definition) is 1. The zero-order valence-electron chi connectivity index (χ0n) is 9.97. The van der Waals surface area contributed by atoms with Crippen LogP contribution in [0.3, 0.4) is 0 Å². The minimum atomic E-state index is -0.502. The third-order valence-corrected chi connectivity index (χ3v) is 2.85. The van der Waals surface area contributed by atoms with Gasteiger partial charge in [0.2, 0.25) is 0 Å². The van der Waals surface area contributed by atoms with E-state index in [4.69, 9.17) is 9.47 Å². The highest BCUT2D eigenvalue weighted by Gasteiger charge is 2.49. The van der Waals surface area contributed by atoms with E-state index in [0.717, 1.165) is 0 Å². The molecule has 0 aromatic carbocycles. The van der Waals surface area contributed by atoms with Crippen molar-refractivity contribution in [2.45, 2.75) is 51.0 Å². The molecule has 92 valence electrons. The van der Waals surface area contributed by atoms with Gasteiger partial charge in [0.1, 0.15) is 11.7 Å². The molecular formula is C11H19NO4. The van der Waals surface area contributed by atoms with Gasteiger partial charge in [-0.05, 0) is 27.2 Å². The Balaban J connectivity index is 1.98. The molecule has 2 heterocycles. The molecule has 2 saturated heterocycles. The van der Waals surface area contributed by atoms with Crippen LogP contribution in [0.1, 0.15) is 27.2 Å². The second-order valence-electron chi connectivity index (χ2n) is 5.42. The number of amides is 1. The Morgan fingerprint density at radius 2 is 2.19 bits per heavy atom. The highest BCUT2D eigenvalue weighted by molar-refractivity contribution is 5.69. The van der Waals surface area contributed by atoms with Crippen LogP contribution in [0, 0.1) is 0 Å². The summed E-state index contributed by atoms with van der Waals surface area (Å²) in [5, 5.41) is 9.24. The van der Waals surface area contributed by atoms with Crippen molar-refractivity contribution in [1.29, 1.82) is 0 Å². The number of epoxide rings is 1. The van der Waals surface area contributed by atoms with Crippen LogP contribution in [-0.4, -0.2) is 53.1 Å². The predicted molar refractivity (Wildman–Crippen MR) is 57.1 cm³/mol. The van der Waals surface area contributed by atoms with Crippen LogP contribution >= 0.6 is 0 Å². The maximum absolute atomic E-state index is 11.9.